The fourth-order valence-corrected chi connectivity index (χ4v) is 3.81. The van der Waals surface area contributed by atoms with Crippen LogP contribution in [0.25, 0.3) is 11.2 Å². The van der Waals surface area contributed by atoms with E-state index in [-0.39, 0.29) is 35.5 Å². The number of anilines is 1. The molecule has 12 heteroatoms. The molecule has 1 aliphatic rings. The number of rotatable bonds is 6. The Morgan fingerprint density at radius 1 is 1.29 bits per heavy atom. The zero-order valence-electron chi connectivity index (χ0n) is 16.3. The number of halogens is 1. The van der Waals surface area contributed by atoms with Crippen LogP contribution in [0.5, 0.6) is 5.88 Å². The smallest absolute Gasteiger partial charge is 0.247 e. The van der Waals surface area contributed by atoms with Gasteiger partial charge < -0.3 is 24.8 Å². The molecule has 0 spiro atoms. The molecule has 4 N–H and O–H groups in total. The Balaban J connectivity index is 1.72. The topological polar surface area (TPSA) is 152 Å². The normalized spacial score (nSPS) is 23.3. The second kappa shape index (κ2) is 9.00. The molecule has 1 aliphatic heterocycles. The van der Waals surface area contributed by atoms with Crippen LogP contribution >= 0.6 is 22.6 Å². The third kappa shape index (κ3) is 4.34. The van der Waals surface area contributed by atoms with Crippen molar-refractivity contribution in [1.82, 2.24) is 19.5 Å². The molecular weight excluding hydrogens is 521 g/mol. The predicted molar refractivity (Wildman–Crippen MR) is 116 cm³/mol. The number of imidazole rings is 1. The average Bonchev–Trinajstić information content (AvgIpc) is 3.28. The second-order valence-corrected chi connectivity index (χ2v) is 8.13. The zero-order valence-corrected chi connectivity index (χ0v) is 18.5. The van der Waals surface area contributed by atoms with Crippen LogP contribution in [-0.2, 0) is 16.1 Å². The number of carbonyl (C=O) groups is 1. The number of benzene rings is 1. The van der Waals surface area contributed by atoms with Gasteiger partial charge in [0.1, 0.15) is 24.9 Å². The first-order valence-corrected chi connectivity index (χ1v) is 10.5. The minimum absolute atomic E-state index is 0.00810. The maximum absolute atomic E-state index is 11.6. The summed E-state index contributed by atoms with van der Waals surface area (Å²) in [6.45, 7) is 1.08. The van der Waals surface area contributed by atoms with Gasteiger partial charge in [-0.3, -0.25) is 14.7 Å². The van der Waals surface area contributed by atoms with Crippen molar-refractivity contribution in [2.45, 2.75) is 38.1 Å². The van der Waals surface area contributed by atoms with Crippen molar-refractivity contribution in [2.24, 2.45) is 0 Å². The summed E-state index contributed by atoms with van der Waals surface area (Å²) in [5.41, 5.74) is 1.46. The van der Waals surface area contributed by atoms with Crippen LogP contribution in [0.2, 0.25) is 0 Å². The number of aromatic nitrogens is 4. The highest BCUT2D eigenvalue weighted by Crippen LogP contribution is 2.33. The number of hydrogen-bond acceptors (Lipinski definition) is 9. The molecule has 164 valence electrons. The molecule has 3 aromatic rings. The fraction of sp³-hybridized carbons (Fsp3) is 0.368. The highest BCUT2D eigenvalue weighted by atomic mass is 127. The van der Waals surface area contributed by atoms with Gasteiger partial charge >= 0.3 is 0 Å². The SMILES string of the molecule is CC(=O)Nc1nc(OCc2ccccc2I)c2ncn([C@@H]3O[C@H](CO)[C@@H](O)[C@H]3O)c2n1. The van der Waals surface area contributed by atoms with Gasteiger partial charge in [0.25, 0.3) is 0 Å². The van der Waals surface area contributed by atoms with Gasteiger partial charge in [-0.25, -0.2) is 4.98 Å². The van der Waals surface area contributed by atoms with Crippen molar-refractivity contribution in [3.05, 3.63) is 39.7 Å². The van der Waals surface area contributed by atoms with E-state index >= 15 is 0 Å². The Morgan fingerprint density at radius 2 is 2.06 bits per heavy atom. The molecule has 2 aromatic heterocycles. The van der Waals surface area contributed by atoms with Crippen LogP contribution in [0, 0.1) is 3.57 Å². The fourth-order valence-electron chi connectivity index (χ4n) is 3.26. The maximum atomic E-state index is 11.6. The van der Waals surface area contributed by atoms with Gasteiger partial charge in [0, 0.05) is 16.1 Å². The van der Waals surface area contributed by atoms with E-state index in [4.69, 9.17) is 9.47 Å². The van der Waals surface area contributed by atoms with E-state index in [9.17, 15) is 20.1 Å². The average molecular weight is 541 g/mol. The van der Waals surface area contributed by atoms with Crippen molar-refractivity contribution in [1.29, 1.82) is 0 Å². The number of nitrogens with zero attached hydrogens (tertiary/aromatic N) is 4. The van der Waals surface area contributed by atoms with Gasteiger partial charge in [-0.2, -0.15) is 9.97 Å². The van der Waals surface area contributed by atoms with Crippen LogP contribution in [0.3, 0.4) is 0 Å². The monoisotopic (exact) mass is 541 g/mol. The summed E-state index contributed by atoms with van der Waals surface area (Å²) in [6.07, 6.45) is -3.22. The standard InChI is InChI=1S/C19H20IN5O6/c1-9(27)22-19-23-16-13(17(24-19)30-7-10-4-2-3-5-11(10)20)21-8-25(16)18-15(29)14(28)12(6-26)31-18/h2-5,8,12,14-15,18,26,28-29H,6-7H2,1H3,(H,22,23,24,27)/t12-,14-,15-,18-/m1/s1. The Labute approximate surface area is 190 Å². The molecule has 3 heterocycles. The van der Waals surface area contributed by atoms with E-state index in [1.807, 2.05) is 24.3 Å². The van der Waals surface area contributed by atoms with E-state index in [0.29, 0.717) is 0 Å². The lowest BCUT2D eigenvalue weighted by Crippen LogP contribution is -2.33. The molecule has 0 aliphatic carbocycles. The maximum Gasteiger partial charge on any atom is 0.247 e. The Kier molecular flexibility index (Phi) is 6.34. The summed E-state index contributed by atoms with van der Waals surface area (Å²) in [5.74, 6) is -0.243. The third-order valence-corrected chi connectivity index (χ3v) is 5.84. The number of carbonyl (C=O) groups excluding carboxylic acids is 1. The number of fused-ring (bicyclic) bond motifs is 1. The first-order chi connectivity index (χ1) is 14.9. The van der Waals surface area contributed by atoms with E-state index in [1.54, 1.807) is 0 Å². The summed E-state index contributed by atoms with van der Waals surface area (Å²) < 4.78 is 13.9. The minimum atomic E-state index is -1.32. The predicted octanol–water partition coefficient (Wildman–Crippen LogP) is 0.580. The Morgan fingerprint density at radius 3 is 2.74 bits per heavy atom. The molecule has 1 fully saturated rings. The minimum Gasteiger partial charge on any atom is -0.471 e. The van der Waals surface area contributed by atoms with Crippen molar-refractivity contribution >= 4 is 45.6 Å². The quantitative estimate of drug-likeness (QED) is 0.329. The summed E-state index contributed by atoms with van der Waals surface area (Å²) in [7, 11) is 0. The van der Waals surface area contributed by atoms with Crippen LogP contribution < -0.4 is 10.1 Å². The van der Waals surface area contributed by atoms with E-state index in [2.05, 4.69) is 42.9 Å². The molecule has 31 heavy (non-hydrogen) atoms. The van der Waals surface area contributed by atoms with Gasteiger partial charge in [-0.05, 0) is 28.7 Å². The molecule has 1 saturated heterocycles. The van der Waals surface area contributed by atoms with Gasteiger partial charge in [0.15, 0.2) is 17.4 Å². The molecule has 4 atom stereocenters. The molecule has 11 nitrogen and oxygen atoms in total. The zero-order chi connectivity index (χ0) is 22.1. The molecule has 1 aromatic carbocycles. The molecular formula is C19H20IN5O6. The summed E-state index contributed by atoms with van der Waals surface area (Å²) in [4.78, 5) is 24.4. The van der Waals surface area contributed by atoms with E-state index < -0.39 is 31.1 Å². The number of ether oxygens (including phenoxy) is 2. The van der Waals surface area contributed by atoms with Crippen molar-refractivity contribution in [3.8, 4) is 5.88 Å². The van der Waals surface area contributed by atoms with Crippen LogP contribution in [0.15, 0.2) is 30.6 Å². The molecule has 0 bridgehead atoms. The van der Waals surface area contributed by atoms with Gasteiger partial charge in [-0.15, -0.1) is 0 Å². The Bertz CT molecular complexity index is 1110. The van der Waals surface area contributed by atoms with Gasteiger partial charge in [0.05, 0.1) is 12.9 Å². The van der Waals surface area contributed by atoms with E-state index in [1.165, 1.54) is 17.8 Å². The number of aliphatic hydroxyl groups excluding tert-OH is 3. The van der Waals surface area contributed by atoms with Crippen LogP contribution in [0.1, 0.15) is 18.7 Å². The second-order valence-electron chi connectivity index (χ2n) is 6.97. The molecule has 4 rings (SSSR count). The van der Waals surface area contributed by atoms with Crippen LogP contribution in [0.4, 0.5) is 5.95 Å². The lowest BCUT2D eigenvalue weighted by molar-refractivity contribution is -0.114. The summed E-state index contributed by atoms with van der Waals surface area (Å²) in [6, 6.07) is 7.70. The lowest BCUT2D eigenvalue weighted by Gasteiger charge is -2.17. The lowest BCUT2D eigenvalue weighted by atomic mass is 10.1. The molecule has 0 saturated carbocycles. The van der Waals surface area contributed by atoms with Crippen molar-refractivity contribution < 1.29 is 29.6 Å². The van der Waals surface area contributed by atoms with Gasteiger partial charge in [0.2, 0.25) is 17.7 Å². The van der Waals surface area contributed by atoms with Crippen molar-refractivity contribution in [3.63, 3.8) is 0 Å². The molecule has 1 amide bonds. The summed E-state index contributed by atoms with van der Waals surface area (Å²) >= 11 is 2.21. The van der Waals surface area contributed by atoms with Crippen LogP contribution in [-0.4, -0.2) is 65.7 Å². The number of aliphatic hydroxyl groups is 3. The first-order valence-electron chi connectivity index (χ1n) is 9.40. The van der Waals surface area contributed by atoms with Crippen molar-refractivity contribution in [2.75, 3.05) is 11.9 Å². The molecule has 0 radical (unpaired) electrons. The molecule has 0 unspecified atom stereocenters. The number of nitrogens with one attached hydrogen (secondary N) is 1. The number of amides is 1. The number of hydrogen-bond donors (Lipinski definition) is 4. The Hall–Kier alpha value is -2.39. The first kappa shape index (κ1) is 21.8. The largest absolute Gasteiger partial charge is 0.471 e. The third-order valence-electron chi connectivity index (χ3n) is 4.79. The van der Waals surface area contributed by atoms with E-state index in [0.717, 1.165) is 9.13 Å². The summed E-state index contributed by atoms with van der Waals surface area (Å²) in [5, 5.41) is 32.3. The highest BCUT2D eigenvalue weighted by Gasteiger charge is 2.44. The highest BCUT2D eigenvalue weighted by molar-refractivity contribution is 14.1. The van der Waals surface area contributed by atoms with Gasteiger partial charge in [-0.1, -0.05) is 18.2 Å².